The Morgan fingerprint density at radius 1 is 0.931 bits per heavy atom. The molecular weight excluding hydrogens is 407 g/mol. The molecule has 0 aromatic heterocycles. The van der Waals surface area contributed by atoms with E-state index in [1.54, 1.807) is 0 Å². The first kappa shape index (κ1) is 28.0. The first-order valence-electron chi connectivity index (χ1n) is 9.98. The molecular formula is C18H34O10P-. The lowest BCUT2D eigenvalue weighted by Gasteiger charge is -2.26. The minimum absolute atomic E-state index is 0.156. The molecule has 0 saturated heterocycles. The Morgan fingerprint density at radius 3 is 2.03 bits per heavy atom. The number of aliphatic hydroxyl groups is 2. The largest absolute Gasteiger partial charge is 0.756 e. The van der Waals surface area contributed by atoms with Crippen LogP contribution in [0.2, 0.25) is 0 Å². The third-order valence-corrected chi connectivity index (χ3v) is 4.68. The molecule has 0 rings (SSSR count). The first-order valence-corrected chi connectivity index (χ1v) is 11.4. The monoisotopic (exact) mass is 441 g/mol. The molecule has 29 heavy (non-hydrogen) atoms. The van der Waals surface area contributed by atoms with Crippen molar-refractivity contribution in [2.75, 3.05) is 26.4 Å². The fraction of sp³-hybridized carbons (Fsp3) is 0.889. The van der Waals surface area contributed by atoms with Crippen molar-refractivity contribution < 1.29 is 47.8 Å². The van der Waals surface area contributed by atoms with Gasteiger partial charge in [-0.05, 0) is 12.8 Å². The van der Waals surface area contributed by atoms with Gasteiger partial charge in [0.15, 0.2) is 6.10 Å². The second-order valence-electron chi connectivity index (χ2n) is 6.58. The molecule has 172 valence electrons. The Hall–Kier alpha value is -1.03. The van der Waals surface area contributed by atoms with Crippen molar-refractivity contribution in [3.05, 3.63) is 0 Å². The van der Waals surface area contributed by atoms with E-state index in [1.165, 1.54) is 0 Å². The molecule has 0 aromatic rings. The molecule has 2 unspecified atom stereocenters. The summed E-state index contributed by atoms with van der Waals surface area (Å²) in [6, 6.07) is 0. The molecule has 0 radical (unpaired) electrons. The Labute approximate surface area is 172 Å². The van der Waals surface area contributed by atoms with Gasteiger partial charge in [0.2, 0.25) is 0 Å². The minimum Gasteiger partial charge on any atom is -0.756 e. The van der Waals surface area contributed by atoms with Crippen LogP contribution in [-0.4, -0.2) is 60.8 Å². The fourth-order valence-electron chi connectivity index (χ4n) is 2.10. The maximum absolute atomic E-state index is 11.9. The van der Waals surface area contributed by atoms with Crippen LogP contribution < -0.4 is 4.89 Å². The number of hydrogen-bond acceptors (Lipinski definition) is 10. The van der Waals surface area contributed by atoms with Gasteiger partial charge >= 0.3 is 11.9 Å². The van der Waals surface area contributed by atoms with E-state index in [4.69, 9.17) is 19.7 Å². The first-order chi connectivity index (χ1) is 13.7. The molecule has 0 saturated carbocycles. The third-order valence-electron chi connectivity index (χ3n) is 3.75. The second-order valence-corrected chi connectivity index (χ2v) is 8.00. The zero-order chi connectivity index (χ0) is 22.1. The van der Waals surface area contributed by atoms with Crippen molar-refractivity contribution in [1.82, 2.24) is 0 Å². The predicted octanol–water partition coefficient (Wildman–Crippen LogP) is 1.46. The number of hydrogen-bond donors (Lipinski definition) is 2. The van der Waals surface area contributed by atoms with Gasteiger partial charge in [-0.25, -0.2) is 0 Å². The van der Waals surface area contributed by atoms with Crippen LogP contribution in [0.1, 0.15) is 65.2 Å². The quantitative estimate of drug-likeness (QED) is 0.182. The number of phosphoric ester groups is 1. The minimum atomic E-state index is -4.80. The van der Waals surface area contributed by atoms with Gasteiger partial charge in [-0.3, -0.25) is 14.2 Å². The van der Waals surface area contributed by atoms with E-state index in [9.17, 15) is 19.0 Å². The highest BCUT2D eigenvalue weighted by molar-refractivity contribution is 7.45. The Morgan fingerprint density at radius 2 is 1.48 bits per heavy atom. The number of rotatable bonds is 18. The number of ether oxygens (including phenoxy) is 2. The summed E-state index contributed by atoms with van der Waals surface area (Å²) < 4.78 is 31.0. The zero-order valence-corrected chi connectivity index (χ0v) is 18.1. The van der Waals surface area contributed by atoms with E-state index in [0.717, 1.165) is 25.7 Å². The molecule has 0 aliphatic heterocycles. The standard InChI is InChI=1S/C18H35O10P/c1-3-5-7-9-17(21)25-13-16(28-18(22)10-8-6-4-2)14-27-29(23,24)26-12-15(20)11-19/h15-16,19-20H,3-14H2,1-2H3,(H,23,24)/p-1/t15?,16-/m1/s1. The average molecular weight is 441 g/mol. The zero-order valence-electron chi connectivity index (χ0n) is 17.2. The number of aliphatic hydroxyl groups excluding tert-OH is 2. The number of phosphoric acid groups is 1. The summed E-state index contributed by atoms with van der Waals surface area (Å²) in [4.78, 5) is 35.3. The van der Waals surface area contributed by atoms with Crippen molar-refractivity contribution in [3.63, 3.8) is 0 Å². The van der Waals surface area contributed by atoms with Crippen molar-refractivity contribution in [2.45, 2.75) is 77.4 Å². The lowest BCUT2D eigenvalue weighted by atomic mass is 10.2. The lowest BCUT2D eigenvalue weighted by molar-refractivity contribution is -0.230. The lowest BCUT2D eigenvalue weighted by Crippen LogP contribution is -2.30. The summed E-state index contributed by atoms with van der Waals surface area (Å²) in [5.41, 5.74) is 0. The van der Waals surface area contributed by atoms with Gasteiger partial charge in [-0.2, -0.15) is 0 Å². The normalized spacial score (nSPS) is 15.3. The van der Waals surface area contributed by atoms with Gasteiger partial charge in [0.25, 0.3) is 7.82 Å². The Bertz CT molecular complexity index is 499. The van der Waals surface area contributed by atoms with E-state index in [-0.39, 0.29) is 19.4 Å². The molecule has 2 N–H and O–H groups in total. The average Bonchev–Trinajstić information content (AvgIpc) is 2.68. The van der Waals surface area contributed by atoms with Crippen molar-refractivity contribution in [1.29, 1.82) is 0 Å². The third kappa shape index (κ3) is 16.5. The van der Waals surface area contributed by atoms with Crippen LogP contribution in [0.3, 0.4) is 0 Å². The van der Waals surface area contributed by atoms with E-state index in [2.05, 4.69) is 9.05 Å². The Balaban J connectivity index is 4.62. The number of carbonyl (C=O) groups is 2. The SMILES string of the molecule is CCCCCC(=O)OC[C@H](COP(=O)([O-])OCC(O)CO)OC(=O)CCCCC. The molecule has 0 aromatic carbocycles. The van der Waals surface area contributed by atoms with Gasteiger partial charge in [0.05, 0.1) is 19.8 Å². The fourth-order valence-corrected chi connectivity index (χ4v) is 2.88. The van der Waals surface area contributed by atoms with Gasteiger partial charge < -0.3 is 33.6 Å². The summed E-state index contributed by atoms with van der Waals surface area (Å²) in [6.07, 6.45) is 2.77. The second kappa shape index (κ2) is 16.7. The molecule has 0 spiro atoms. The summed E-state index contributed by atoms with van der Waals surface area (Å²) >= 11 is 0. The predicted molar refractivity (Wildman–Crippen MR) is 102 cm³/mol. The molecule has 11 heteroatoms. The van der Waals surface area contributed by atoms with Crippen LogP contribution in [0.25, 0.3) is 0 Å². The molecule has 10 nitrogen and oxygen atoms in total. The number of carbonyl (C=O) groups excluding carboxylic acids is 2. The van der Waals surface area contributed by atoms with E-state index in [0.29, 0.717) is 12.8 Å². The summed E-state index contributed by atoms with van der Waals surface area (Å²) in [5, 5.41) is 17.8. The number of esters is 2. The highest BCUT2D eigenvalue weighted by Crippen LogP contribution is 2.38. The van der Waals surface area contributed by atoms with Gasteiger partial charge in [0, 0.05) is 12.8 Å². The Kier molecular flexibility index (Phi) is 16.1. The van der Waals surface area contributed by atoms with Crippen molar-refractivity contribution in [3.8, 4) is 0 Å². The maximum atomic E-state index is 11.9. The molecule has 0 fully saturated rings. The smallest absolute Gasteiger partial charge is 0.306 e. The van der Waals surface area contributed by atoms with Crippen LogP contribution in [0, 0.1) is 0 Å². The van der Waals surface area contributed by atoms with Gasteiger partial charge in [-0.15, -0.1) is 0 Å². The van der Waals surface area contributed by atoms with Gasteiger partial charge in [-0.1, -0.05) is 39.5 Å². The topological polar surface area (TPSA) is 152 Å². The summed E-state index contributed by atoms with van der Waals surface area (Å²) in [5.74, 6) is -1.02. The van der Waals surface area contributed by atoms with Crippen LogP contribution in [0.5, 0.6) is 0 Å². The van der Waals surface area contributed by atoms with Crippen molar-refractivity contribution in [2.24, 2.45) is 0 Å². The van der Waals surface area contributed by atoms with E-state index < -0.39 is 51.8 Å². The molecule has 0 bridgehead atoms. The number of unbranched alkanes of at least 4 members (excludes halogenated alkanes) is 4. The van der Waals surface area contributed by atoms with Crippen molar-refractivity contribution >= 4 is 19.8 Å². The molecule has 0 aliphatic carbocycles. The van der Waals surface area contributed by atoms with Crippen LogP contribution >= 0.6 is 7.82 Å². The van der Waals surface area contributed by atoms with Crippen LogP contribution in [-0.2, 0) is 32.7 Å². The summed E-state index contributed by atoms with van der Waals surface area (Å²) in [6.45, 7) is 1.69. The highest BCUT2D eigenvalue weighted by atomic mass is 31.2. The molecule has 0 amide bonds. The molecule has 0 aliphatic rings. The molecule has 3 atom stereocenters. The van der Waals surface area contributed by atoms with Crippen LogP contribution in [0.4, 0.5) is 0 Å². The maximum Gasteiger partial charge on any atom is 0.306 e. The van der Waals surface area contributed by atoms with E-state index >= 15 is 0 Å². The summed E-state index contributed by atoms with van der Waals surface area (Å²) in [7, 11) is -4.80. The van der Waals surface area contributed by atoms with Crippen LogP contribution in [0.15, 0.2) is 0 Å². The van der Waals surface area contributed by atoms with Gasteiger partial charge in [0.1, 0.15) is 12.7 Å². The highest BCUT2D eigenvalue weighted by Gasteiger charge is 2.21. The van der Waals surface area contributed by atoms with E-state index in [1.807, 2.05) is 13.8 Å². The molecule has 0 heterocycles.